The van der Waals surface area contributed by atoms with Gasteiger partial charge in [0.25, 0.3) is 0 Å². The third-order valence-electron chi connectivity index (χ3n) is 5.86. The van der Waals surface area contributed by atoms with E-state index in [1.165, 1.54) is 17.7 Å². The highest BCUT2D eigenvalue weighted by Gasteiger charge is 2.29. The lowest BCUT2D eigenvalue weighted by atomic mass is 10.0. The molecule has 0 aliphatic heterocycles. The molecule has 0 aromatic heterocycles. The monoisotopic (exact) mass is 502 g/mol. The van der Waals surface area contributed by atoms with Crippen LogP contribution in [0, 0.1) is 35.3 Å². The molecule has 0 atom stereocenters. The van der Waals surface area contributed by atoms with Crippen LogP contribution in [0.15, 0.2) is 72.8 Å². The number of alkyl halides is 3. The zero-order valence-corrected chi connectivity index (χ0v) is 20.1. The van der Waals surface area contributed by atoms with E-state index in [1.807, 2.05) is 12.1 Å². The number of hydrogen-bond acceptors (Lipinski definition) is 0. The Bertz CT molecular complexity index is 1540. The van der Waals surface area contributed by atoms with E-state index in [4.69, 9.17) is 0 Å². The average molecular weight is 503 g/mol. The minimum atomic E-state index is -4.51. The van der Waals surface area contributed by atoms with Gasteiger partial charge < -0.3 is 0 Å². The van der Waals surface area contributed by atoms with E-state index in [2.05, 4.69) is 42.7 Å². The predicted molar refractivity (Wildman–Crippen MR) is 137 cm³/mol. The van der Waals surface area contributed by atoms with E-state index in [0.29, 0.717) is 10.8 Å². The van der Waals surface area contributed by atoms with Gasteiger partial charge in [-0.15, -0.1) is 0 Å². The minimum Gasteiger partial charge on any atom is -0.207 e. The van der Waals surface area contributed by atoms with Crippen molar-refractivity contribution in [3.8, 4) is 23.7 Å². The van der Waals surface area contributed by atoms with Crippen molar-refractivity contribution in [1.82, 2.24) is 0 Å². The van der Waals surface area contributed by atoms with Gasteiger partial charge >= 0.3 is 6.18 Å². The zero-order valence-electron chi connectivity index (χ0n) is 20.1. The van der Waals surface area contributed by atoms with Crippen molar-refractivity contribution in [3.05, 3.63) is 118 Å². The molecule has 0 aliphatic rings. The Labute approximate surface area is 213 Å². The highest BCUT2D eigenvalue weighted by atomic mass is 19.4. The summed E-state index contributed by atoms with van der Waals surface area (Å²) in [5.41, 5.74) is 2.74. The highest BCUT2D eigenvalue weighted by molar-refractivity contribution is 5.86. The summed E-state index contributed by atoms with van der Waals surface area (Å²) in [6, 6.07) is 19.9. The van der Waals surface area contributed by atoms with Crippen LogP contribution in [-0.2, 0) is 12.8 Å². The van der Waals surface area contributed by atoms with Crippen LogP contribution < -0.4 is 0 Å². The Kier molecular flexibility index (Phi) is 7.95. The Morgan fingerprint density at radius 3 is 2.05 bits per heavy atom. The minimum absolute atomic E-state index is 0.106. The van der Waals surface area contributed by atoms with Gasteiger partial charge in [-0.05, 0) is 71.8 Å². The molecule has 0 heterocycles. The summed E-state index contributed by atoms with van der Waals surface area (Å²) in [6.07, 6.45) is -2.50. The van der Waals surface area contributed by atoms with Gasteiger partial charge in [-0.1, -0.05) is 67.4 Å². The van der Waals surface area contributed by atoms with Crippen LogP contribution >= 0.6 is 0 Å². The van der Waals surface area contributed by atoms with Crippen molar-refractivity contribution in [3.63, 3.8) is 0 Å². The first-order valence-electron chi connectivity index (χ1n) is 11.9. The molecule has 4 aromatic carbocycles. The third kappa shape index (κ3) is 6.99. The molecule has 0 amide bonds. The fourth-order valence-corrected chi connectivity index (χ4v) is 3.87. The Morgan fingerprint density at radius 1 is 0.703 bits per heavy atom. The summed E-state index contributed by atoms with van der Waals surface area (Å²) < 4.78 is 66.6. The first kappa shape index (κ1) is 26.0. The highest BCUT2D eigenvalue weighted by Crippen LogP contribution is 2.24. The molecule has 0 radical (unpaired) electrons. The maximum Gasteiger partial charge on any atom is 0.393 e. The molecule has 0 bridgehead atoms. The first-order valence-corrected chi connectivity index (χ1v) is 11.9. The normalized spacial score (nSPS) is 11.0. The zero-order chi connectivity index (χ0) is 26.4. The second-order valence-electron chi connectivity index (χ2n) is 8.76. The predicted octanol–water partition coefficient (Wildman–Crippen LogP) is 8.37. The number of halogens is 5. The van der Waals surface area contributed by atoms with Gasteiger partial charge in [0.05, 0.1) is 12.0 Å². The molecule has 0 spiro atoms. The van der Waals surface area contributed by atoms with Crippen LogP contribution in [0.25, 0.3) is 10.8 Å². The van der Waals surface area contributed by atoms with Gasteiger partial charge in [0.2, 0.25) is 0 Å². The third-order valence-corrected chi connectivity index (χ3v) is 5.86. The molecular weight excluding hydrogens is 479 g/mol. The number of rotatable bonds is 4. The lowest BCUT2D eigenvalue weighted by Crippen LogP contribution is -2.12. The summed E-state index contributed by atoms with van der Waals surface area (Å²) >= 11 is 0. The van der Waals surface area contributed by atoms with Crippen molar-refractivity contribution in [2.75, 3.05) is 0 Å². The van der Waals surface area contributed by atoms with Crippen LogP contribution in [0.1, 0.15) is 53.1 Å². The quantitative estimate of drug-likeness (QED) is 0.194. The van der Waals surface area contributed by atoms with Gasteiger partial charge in [0.1, 0.15) is 11.6 Å². The van der Waals surface area contributed by atoms with Gasteiger partial charge in [0, 0.05) is 22.1 Å². The van der Waals surface area contributed by atoms with Crippen LogP contribution in [0.2, 0.25) is 0 Å². The summed E-state index contributed by atoms with van der Waals surface area (Å²) in [5, 5.41) is 1.02. The molecule has 186 valence electrons. The first-order chi connectivity index (χ1) is 17.7. The summed E-state index contributed by atoms with van der Waals surface area (Å²) in [6.45, 7) is 2.17. The molecule has 4 aromatic rings. The van der Waals surface area contributed by atoms with E-state index in [0.717, 1.165) is 42.5 Å². The maximum absolute atomic E-state index is 15.1. The molecule has 5 heteroatoms. The molecule has 0 aliphatic carbocycles. The van der Waals surface area contributed by atoms with Gasteiger partial charge in [-0.3, -0.25) is 0 Å². The van der Waals surface area contributed by atoms with Crippen LogP contribution in [0.4, 0.5) is 22.0 Å². The SMILES string of the molecule is CCCCc1ccc(C#Cc2ccc3c(F)c(C#Cc4ccc(CC(F)(F)F)c(F)c4)ccc3c2)cc1. The van der Waals surface area contributed by atoms with E-state index in [-0.39, 0.29) is 11.1 Å². The number of hydrogen-bond donors (Lipinski definition) is 0. The lowest BCUT2D eigenvalue weighted by molar-refractivity contribution is -0.127. The van der Waals surface area contributed by atoms with Crippen molar-refractivity contribution in [2.24, 2.45) is 0 Å². The Balaban J connectivity index is 1.52. The maximum atomic E-state index is 15.1. The van der Waals surface area contributed by atoms with Crippen LogP contribution in [0.5, 0.6) is 0 Å². The van der Waals surface area contributed by atoms with E-state index >= 15 is 4.39 Å². The molecule has 4 rings (SSSR count). The largest absolute Gasteiger partial charge is 0.393 e. The fraction of sp³-hybridized carbons (Fsp3) is 0.188. The van der Waals surface area contributed by atoms with Gasteiger partial charge in [-0.2, -0.15) is 13.2 Å². The smallest absolute Gasteiger partial charge is 0.207 e. The second-order valence-corrected chi connectivity index (χ2v) is 8.76. The van der Waals surface area contributed by atoms with E-state index < -0.39 is 29.8 Å². The molecule has 0 saturated heterocycles. The Hall–Kier alpha value is -4.09. The molecule has 0 saturated carbocycles. The van der Waals surface area contributed by atoms with Crippen molar-refractivity contribution >= 4 is 10.8 Å². The molecule has 0 nitrogen and oxygen atoms in total. The van der Waals surface area contributed by atoms with E-state index in [1.54, 1.807) is 24.3 Å². The molecule has 0 N–H and O–H groups in total. The number of aryl methyl sites for hydroxylation is 1. The van der Waals surface area contributed by atoms with Crippen LogP contribution in [0.3, 0.4) is 0 Å². The van der Waals surface area contributed by atoms with Crippen molar-refractivity contribution in [1.29, 1.82) is 0 Å². The fourth-order valence-electron chi connectivity index (χ4n) is 3.87. The average Bonchev–Trinajstić information content (AvgIpc) is 2.87. The summed E-state index contributed by atoms with van der Waals surface area (Å²) in [5.74, 6) is 10.0. The number of unbranched alkanes of at least 4 members (excludes halogenated alkanes) is 1. The number of benzene rings is 4. The van der Waals surface area contributed by atoms with Gasteiger partial charge in [-0.25, -0.2) is 8.78 Å². The molecule has 0 fully saturated rings. The Morgan fingerprint density at radius 2 is 1.35 bits per heavy atom. The number of fused-ring (bicyclic) bond motifs is 1. The van der Waals surface area contributed by atoms with Gasteiger partial charge in [0.15, 0.2) is 0 Å². The standard InChI is InChI=1S/C32H23F5/c1-2-3-4-22-5-7-23(8-6-22)9-10-24-13-18-29-27(19-24)17-16-26(31(29)34)14-11-25-12-15-28(30(33)20-25)21-32(35,36)37/h5-8,12-13,15-20H,2-4,21H2,1H3. The van der Waals surface area contributed by atoms with E-state index in [9.17, 15) is 17.6 Å². The van der Waals surface area contributed by atoms with Crippen molar-refractivity contribution in [2.45, 2.75) is 38.8 Å². The topological polar surface area (TPSA) is 0 Å². The molecule has 37 heavy (non-hydrogen) atoms. The lowest BCUT2D eigenvalue weighted by Gasteiger charge is -2.07. The summed E-state index contributed by atoms with van der Waals surface area (Å²) in [4.78, 5) is 0. The molecular formula is C32H23F5. The van der Waals surface area contributed by atoms with Crippen LogP contribution in [-0.4, -0.2) is 6.18 Å². The summed E-state index contributed by atoms with van der Waals surface area (Å²) in [7, 11) is 0. The van der Waals surface area contributed by atoms with Crippen molar-refractivity contribution < 1.29 is 22.0 Å². The second kappa shape index (κ2) is 11.3. The molecule has 0 unspecified atom stereocenters.